The third kappa shape index (κ3) is 4.96. The molecule has 2 aliphatic rings. The average molecular weight is 374 g/mol. The molecule has 0 unspecified atom stereocenters. The molecule has 2 fully saturated rings. The van der Waals surface area contributed by atoms with Crippen molar-refractivity contribution >= 4 is 5.91 Å². The topological polar surface area (TPSA) is 68.6 Å². The average Bonchev–Trinajstić information content (AvgIpc) is 3.49. The lowest BCUT2D eigenvalue weighted by molar-refractivity contribution is -0.124. The molecule has 7 heteroatoms. The van der Waals surface area contributed by atoms with Crippen molar-refractivity contribution in [2.24, 2.45) is 5.92 Å². The lowest BCUT2D eigenvalue weighted by Crippen LogP contribution is -2.53. The van der Waals surface area contributed by atoms with Gasteiger partial charge in [0, 0.05) is 38.3 Å². The number of hydrogen-bond donors (Lipinski definition) is 1. The van der Waals surface area contributed by atoms with Gasteiger partial charge in [0.1, 0.15) is 17.1 Å². The minimum Gasteiger partial charge on any atom is -0.496 e. The Bertz CT molecular complexity index is 723. The first-order chi connectivity index (χ1) is 12.9. The van der Waals surface area contributed by atoms with E-state index in [1.807, 2.05) is 6.92 Å². The van der Waals surface area contributed by atoms with E-state index in [-0.39, 0.29) is 17.6 Å². The van der Waals surface area contributed by atoms with Gasteiger partial charge in [-0.25, -0.2) is 4.39 Å². The fourth-order valence-electron chi connectivity index (χ4n) is 3.63. The number of rotatable bonds is 7. The van der Waals surface area contributed by atoms with Gasteiger partial charge in [0.2, 0.25) is 5.91 Å². The van der Waals surface area contributed by atoms with Crippen LogP contribution in [-0.4, -0.2) is 61.1 Å². The maximum absolute atomic E-state index is 13.5. The molecule has 1 saturated carbocycles. The Kier molecular flexibility index (Phi) is 5.98. The minimum atomic E-state index is -0.743. The van der Waals surface area contributed by atoms with Crippen molar-refractivity contribution in [2.75, 3.05) is 39.8 Å². The molecule has 1 atom stereocenters. The molecule has 27 heavy (non-hydrogen) atoms. The SMILES string of the molecule is COc1ccc(F)cc1CN1CCN(CC(=O)N[C@](C)(C#N)C2CC2)CC1. The van der Waals surface area contributed by atoms with Crippen LogP contribution in [0.2, 0.25) is 0 Å². The van der Waals surface area contributed by atoms with Crippen molar-refractivity contribution < 1.29 is 13.9 Å². The number of ether oxygens (including phenoxy) is 1. The molecular formula is C20H27FN4O2. The van der Waals surface area contributed by atoms with Gasteiger partial charge in [-0.15, -0.1) is 0 Å². The highest BCUT2D eigenvalue weighted by Gasteiger charge is 2.43. The Morgan fingerprint density at radius 1 is 1.33 bits per heavy atom. The molecule has 1 saturated heterocycles. The number of methoxy groups -OCH3 is 1. The largest absolute Gasteiger partial charge is 0.496 e. The summed E-state index contributed by atoms with van der Waals surface area (Å²) in [5, 5.41) is 12.3. The first-order valence-corrected chi connectivity index (χ1v) is 9.43. The molecule has 0 bridgehead atoms. The van der Waals surface area contributed by atoms with E-state index >= 15 is 0 Å². The molecule has 1 aromatic carbocycles. The van der Waals surface area contributed by atoms with Crippen LogP contribution >= 0.6 is 0 Å². The summed E-state index contributed by atoms with van der Waals surface area (Å²) in [5.41, 5.74) is 0.0882. The number of nitriles is 1. The van der Waals surface area contributed by atoms with Crippen molar-refractivity contribution in [1.29, 1.82) is 5.26 Å². The number of carbonyl (C=O) groups is 1. The van der Waals surface area contributed by atoms with E-state index in [2.05, 4.69) is 21.2 Å². The van der Waals surface area contributed by atoms with Crippen molar-refractivity contribution in [3.8, 4) is 11.8 Å². The second-order valence-electron chi connectivity index (χ2n) is 7.65. The van der Waals surface area contributed by atoms with Crippen LogP contribution in [0.1, 0.15) is 25.3 Å². The third-order valence-corrected chi connectivity index (χ3v) is 5.49. The molecule has 3 rings (SSSR count). The summed E-state index contributed by atoms with van der Waals surface area (Å²) in [6.45, 7) is 5.86. The summed E-state index contributed by atoms with van der Waals surface area (Å²) in [4.78, 5) is 16.7. The minimum absolute atomic E-state index is 0.0915. The normalized spacial score (nSPS) is 20.5. The van der Waals surface area contributed by atoms with E-state index in [4.69, 9.17) is 4.74 Å². The van der Waals surface area contributed by atoms with Gasteiger partial charge < -0.3 is 10.1 Å². The van der Waals surface area contributed by atoms with Crippen molar-refractivity contribution in [3.05, 3.63) is 29.6 Å². The van der Waals surface area contributed by atoms with Crippen LogP contribution < -0.4 is 10.1 Å². The maximum atomic E-state index is 13.5. The highest BCUT2D eigenvalue weighted by molar-refractivity contribution is 5.79. The summed E-state index contributed by atoms with van der Waals surface area (Å²) in [7, 11) is 1.59. The number of carbonyl (C=O) groups excluding carboxylic acids is 1. The lowest BCUT2D eigenvalue weighted by Gasteiger charge is -2.35. The van der Waals surface area contributed by atoms with Crippen LogP contribution in [0.25, 0.3) is 0 Å². The summed E-state index contributed by atoms with van der Waals surface area (Å²) < 4.78 is 18.8. The maximum Gasteiger partial charge on any atom is 0.235 e. The molecule has 146 valence electrons. The van der Waals surface area contributed by atoms with Gasteiger partial charge in [0.25, 0.3) is 0 Å². The molecule has 1 aliphatic carbocycles. The number of halogens is 1. The number of nitrogens with one attached hydrogen (secondary N) is 1. The Labute approximate surface area is 159 Å². The van der Waals surface area contributed by atoms with Crippen LogP contribution in [-0.2, 0) is 11.3 Å². The Balaban J connectivity index is 1.47. The molecule has 6 nitrogen and oxygen atoms in total. The van der Waals surface area contributed by atoms with E-state index < -0.39 is 5.54 Å². The molecule has 1 heterocycles. The summed E-state index contributed by atoms with van der Waals surface area (Å²) in [6.07, 6.45) is 2.01. The lowest BCUT2D eigenvalue weighted by atomic mass is 9.98. The molecule has 0 radical (unpaired) electrons. The van der Waals surface area contributed by atoms with Gasteiger partial charge in [-0.05, 0) is 43.9 Å². The Hall–Kier alpha value is -2.17. The number of piperazine rings is 1. The first kappa shape index (κ1) is 19.6. The van der Waals surface area contributed by atoms with Crippen LogP contribution in [0.15, 0.2) is 18.2 Å². The standard InChI is InChI=1S/C20H27FN4O2/c1-20(14-22,16-3-4-16)23-19(26)13-25-9-7-24(8-10-25)12-15-11-17(21)5-6-18(15)27-2/h5-6,11,16H,3-4,7-10,12-13H2,1-2H3,(H,23,26)/t20-/m1/s1. The second-order valence-corrected chi connectivity index (χ2v) is 7.65. The van der Waals surface area contributed by atoms with Gasteiger partial charge in [-0.1, -0.05) is 0 Å². The monoisotopic (exact) mass is 374 g/mol. The van der Waals surface area contributed by atoms with E-state index in [1.165, 1.54) is 12.1 Å². The first-order valence-electron chi connectivity index (χ1n) is 9.43. The Morgan fingerprint density at radius 3 is 2.59 bits per heavy atom. The Morgan fingerprint density at radius 2 is 2.00 bits per heavy atom. The van der Waals surface area contributed by atoms with Crippen molar-refractivity contribution in [2.45, 2.75) is 31.8 Å². The van der Waals surface area contributed by atoms with Gasteiger partial charge in [-0.3, -0.25) is 14.6 Å². The van der Waals surface area contributed by atoms with Gasteiger partial charge >= 0.3 is 0 Å². The second kappa shape index (κ2) is 8.24. The molecule has 1 aliphatic heterocycles. The molecule has 0 aromatic heterocycles. The van der Waals surface area contributed by atoms with E-state index in [0.717, 1.165) is 44.6 Å². The summed E-state index contributed by atoms with van der Waals surface area (Å²) in [6, 6.07) is 6.82. The van der Waals surface area contributed by atoms with E-state index in [9.17, 15) is 14.4 Å². The van der Waals surface area contributed by atoms with Crippen LogP contribution in [0.3, 0.4) is 0 Å². The number of amides is 1. The zero-order chi connectivity index (χ0) is 19.4. The van der Waals surface area contributed by atoms with Gasteiger partial charge in [-0.2, -0.15) is 5.26 Å². The fraction of sp³-hybridized carbons (Fsp3) is 0.600. The van der Waals surface area contributed by atoms with Crippen LogP contribution in [0.4, 0.5) is 4.39 Å². The number of hydrogen-bond acceptors (Lipinski definition) is 5. The predicted molar refractivity (Wildman–Crippen MR) is 99.6 cm³/mol. The smallest absolute Gasteiger partial charge is 0.235 e. The van der Waals surface area contributed by atoms with Gasteiger partial charge in [0.15, 0.2) is 0 Å². The molecule has 1 N–H and O–H groups in total. The van der Waals surface area contributed by atoms with Crippen molar-refractivity contribution in [1.82, 2.24) is 15.1 Å². The number of nitrogens with zero attached hydrogens (tertiary/aromatic N) is 3. The highest BCUT2D eigenvalue weighted by atomic mass is 19.1. The predicted octanol–water partition coefficient (Wildman–Crippen LogP) is 1.76. The number of benzene rings is 1. The van der Waals surface area contributed by atoms with E-state index in [1.54, 1.807) is 13.2 Å². The quantitative estimate of drug-likeness (QED) is 0.788. The van der Waals surface area contributed by atoms with Crippen LogP contribution in [0, 0.1) is 23.1 Å². The van der Waals surface area contributed by atoms with Crippen LogP contribution in [0.5, 0.6) is 5.75 Å². The highest BCUT2D eigenvalue weighted by Crippen LogP contribution is 2.39. The van der Waals surface area contributed by atoms with Gasteiger partial charge in [0.05, 0.1) is 19.7 Å². The summed E-state index contributed by atoms with van der Waals surface area (Å²) >= 11 is 0. The molecule has 1 amide bonds. The molecular weight excluding hydrogens is 347 g/mol. The zero-order valence-corrected chi connectivity index (χ0v) is 16.0. The molecule has 1 aromatic rings. The fourth-order valence-corrected chi connectivity index (χ4v) is 3.63. The summed E-state index contributed by atoms with van der Waals surface area (Å²) in [5.74, 6) is 0.613. The van der Waals surface area contributed by atoms with Crippen molar-refractivity contribution in [3.63, 3.8) is 0 Å². The van der Waals surface area contributed by atoms with E-state index in [0.29, 0.717) is 18.8 Å². The molecule has 0 spiro atoms. The zero-order valence-electron chi connectivity index (χ0n) is 16.0. The third-order valence-electron chi connectivity index (χ3n) is 5.49.